The number of carbonyl (C=O) groups is 1. The molecule has 1 heterocycles. The quantitative estimate of drug-likeness (QED) is 0.856. The van der Waals surface area contributed by atoms with Gasteiger partial charge in [-0.3, -0.25) is 4.79 Å². The van der Waals surface area contributed by atoms with Gasteiger partial charge in [-0.05, 0) is 26.0 Å². The molecular weight excluding hydrogens is 246 g/mol. The largest absolute Gasteiger partial charge is 0.496 e. The van der Waals surface area contributed by atoms with Gasteiger partial charge in [-0.1, -0.05) is 16.8 Å². The Kier molecular flexibility index (Phi) is 3.74. The number of hydrogen-bond donors (Lipinski definition) is 2. The van der Waals surface area contributed by atoms with Crippen LogP contribution in [0.25, 0.3) is 0 Å². The van der Waals surface area contributed by atoms with Crippen molar-refractivity contribution in [1.29, 1.82) is 0 Å². The highest BCUT2D eigenvalue weighted by Crippen LogP contribution is 2.20. The third kappa shape index (κ3) is 2.87. The number of aryl methyl sites for hydroxylation is 1. The number of ether oxygens (including phenoxy) is 1. The number of aromatic nitrogens is 4. The Morgan fingerprint density at radius 3 is 2.89 bits per heavy atom. The van der Waals surface area contributed by atoms with E-state index in [1.807, 2.05) is 13.0 Å². The maximum Gasteiger partial charge on any atom is 0.255 e. The fraction of sp³-hybridized carbons (Fsp3) is 0.333. The van der Waals surface area contributed by atoms with Gasteiger partial charge >= 0.3 is 0 Å². The summed E-state index contributed by atoms with van der Waals surface area (Å²) in [5.74, 6) is 0.723. The van der Waals surface area contributed by atoms with E-state index < -0.39 is 0 Å². The van der Waals surface area contributed by atoms with Gasteiger partial charge in [0.25, 0.3) is 5.91 Å². The van der Waals surface area contributed by atoms with Gasteiger partial charge in [-0.15, -0.1) is 10.2 Å². The van der Waals surface area contributed by atoms with E-state index in [4.69, 9.17) is 4.74 Å². The van der Waals surface area contributed by atoms with Crippen molar-refractivity contribution in [3.05, 3.63) is 35.2 Å². The highest BCUT2D eigenvalue weighted by Gasteiger charge is 2.17. The van der Waals surface area contributed by atoms with Crippen molar-refractivity contribution in [2.24, 2.45) is 0 Å². The molecule has 1 amide bonds. The Bertz CT molecular complexity index is 568. The molecule has 0 saturated carbocycles. The number of aromatic amines is 1. The SMILES string of the molecule is COc1ccc(C)cc1C(=O)NC(C)c1nn[nH]n1. The second-order valence-corrected chi connectivity index (χ2v) is 4.17. The standard InChI is InChI=1S/C12H15N5O2/c1-7-4-5-10(19-3)9(6-7)12(18)13-8(2)11-14-16-17-15-11/h4-6,8H,1-3H3,(H,13,18)(H,14,15,16,17). The van der Waals surface area contributed by atoms with Gasteiger partial charge in [0.05, 0.1) is 18.7 Å². The van der Waals surface area contributed by atoms with Crippen LogP contribution >= 0.6 is 0 Å². The molecule has 0 aliphatic heterocycles. The lowest BCUT2D eigenvalue weighted by Crippen LogP contribution is -2.27. The van der Waals surface area contributed by atoms with Crippen molar-refractivity contribution in [1.82, 2.24) is 25.9 Å². The second-order valence-electron chi connectivity index (χ2n) is 4.17. The van der Waals surface area contributed by atoms with Crippen molar-refractivity contribution in [2.45, 2.75) is 19.9 Å². The van der Waals surface area contributed by atoms with Gasteiger partial charge in [-0.25, -0.2) is 0 Å². The van der Waals surface area contributed by atoms with Crippen LogP contribution in [0.15, 0.2) is 18.2 Å². The lowest BCUT2D eigenvalue weighted by atomic mass is 10.1. The number of rotatable bonds is 4. The highest BCUT2D eigenvalue weighted by molar-refractivity contribution is 5.97. The van der Waals surface area contributed by atoms with Crippen LogP contribution in [0.3, 0.4) is 0 Å². The van der Waals surface area contributed by atoms with Gasteiger partial charge in [0.1, 0.15) is 5.75 Å². The van der Waals surface area contributed by atoms with Crippen molar-refractivity contribution in [3.63, 3.8) is 0 Å². The molecule has 0 spiro atoms. The third-order valence-corrected chi connectivity index (χ3v) is 2.70. The van der Waals surface area contributed by atoms with E-state index in [0.717, 1.165) is 5.56 Å². The van der Waals surface area contributed by atoms with Crippen LogP contribution in [0.1, 0.15) is 34.7 Å². The molecule has 2 N–H and O–H groups in total. The van der Waals surface area contributed by atoms with Crippen LogP contribution in [0.4, 0.5) is 0 Å². The van der Waals surface area contributed by atoms with Gasteiger partial charge in [-0.2, -0.15) is 5.21 Å². The molecule has 0 aliphatic rings. The molecule has 2 aromatic rings. The van der Waals surface area contributed by atoms with Crippen LogP contribution < -0.4 is 10.1 Å². The number of amides is 1. The summed E-state index contributed by atoms with van der Waals surface area (Å²) in [4.78, 5) is 12.2. The van der Waals surface area contributed by atoms with Crippen LogP contribution in [0.2, 0.25) is 0 Å². The topological polar surface area (TPSA) is 92.8 Å². The first kappa shape index (κ1) is 13.0. The number of tetrazole rings is 1. The molecule has 0 aliphatic carbocycles. The van der Waals surface area contributed by atoms with Crippen LogP contribution in [-0.2, 0) is 0 Å². The van der Waals surface area contributed by atoms with E-state index in [0.29, 0.717) is 17.1 Å². The van der Waals surface area contributed by atoms with E-state index in [1.165, 1.54) is 7.11 Å². The lowest BCUT2D eigenvalue weighted by molar-refractivity contribution is 0.0935. The first-order valence-electron chi connectivity index (χ1n) is 5.80. The average Bonchev–Trinajstić information content (AvgIpc) is 2.92. The maximum atomic E-state index is 12.2. The zero-order valence-electron chi connectivity index (χ0n) is 11.0. The number of carbonyl (C=O) groups excluding carboxylic acids is 1. The molecule has 100 valence electrons. The van der Waals surface area contributed by atoms with Gasteiger partial charge < -0.3 is 10.1 Å². The van der Waals surface area contributed by atoms with Crippen LogP contribution in [-0.4, -0.2) is 33.6 Å². The summed E-state index contributed by atoms with van der Waals surface area (Å²) in [6, 6.07) is 5.09. The molecule has 7 heteroatoms. The normalized spacial score (nSPS) is 11.9. The predicted octanol–water partition coefficient (Wildman–Crippen LogP) is 1.01. The van der Waals surface area contributed by atoms with Crippen molar-refractivity contribution in [3.8, 4) is 5.75 Å². The Labute approximate surface area is 110 Å². The Hall–Kier alpha value is -2.44. The maximum absolute atomic E-state index is 12.2. The number of H-pyrrole nitrogens is 1. The Morgan fingerprint density at radius 1 is 1.47 bits per heavy atom. The van der Waals surface area contributed by atoms with Crippen LogP contribution in [0.5, 0.6) is 5.75 Å². The summed E-state index contributed by atoms with van der Waals surface area (Å²) in [5.41, 5.74) is 1.47. The third-order valence-electron chi connectivity index (χ3n) is 2.70. The molecule has 1 aromatic heterocycles. The zero-order chi connectivity index (χ0) is 13.8. The number of hydrogen-bond acceptors (Lipinski definition) is 5. The van der Waals surface area contributed by atoms with Crippen LogP contribution in [0, 0.1) is 6.92 Å². The van der Waals surface area contributed by atoms with E-state index in [1.54, 1.807) is 19.1 Å². The summed E-state index contributed by atoms with van der Waals surface area (Å²) >= 11 is 0. The van der Waals surface area contributed by atoms with Gasteiger partial charge in [0, 0.05) is 0 Å². The Morgan fingerprint density at radius 2 is 2.26 bits per heavy atom. The summed E-state index contributed by atoms with van der Waals surface area (Å²) in [6.45, 7) is 3.70. The number of nitrogens with zero attached hydrogens (tertiary/aromatic N) is 3. The summed E-state index contributed by atoms with van der Waals surface area (Å²) in [7, 11) is 1.53. The molecule has 0 radical (unpaired) electrons. The van der Waals surface area contributed by atoms with Gasteiger partial charge in [0.2, 0.25) is 0 Å². The fourth-order valence-corrected chi connectivity index (χ4v) is 1.69. The molecule has 0 saturated heterocycles. The van der Waals surface area contributed by atoms with Crippen molar-refractivity contribution < 1.29 is 9.53 Å². The van der Waals surface area contributed by atoms with Gasteiger partial charge in [0.15, 0.2) is 5.82 Å². The van der Waals surface area contributed by atoms with E-state index in [2.05, 4.69) is 25.9 Å². The first-order chi connectivity index (χ1) is 9.11. The predicted molar refractivity (Wildman–Crippen MR) is 67.8 cm³/mol. The molecule has 0 bridgehead atoms. The molecule has 2 rings (SSSR count). The monoisotopic (exact) mass is 261 g/mol. The van der Waals surface area contributed by atoms with Crippen molar-refractivity contribution in [2.75, 3.05) is 7.11 Å². The molecule has 1 unspecified atom stereocenters. The molecule has 1 aromatic carbocycles. The van der Waals surface area contributed by atoms with E-state index in [-0.39, 0.29) is 11.9 Å². The molecule has 1 atom stereocenters. The van der Waals surface area contributed by atoms with Crippen molar-refractivity contribution >= 4 is 5.91 Å². The Balaban J connectivity index is 2.18. The number of benzene rings is 1. The smallest absolute Gasteiger partial charge is 0.255 e. The first-order valence-corrected chi connectivity index (χ1v) is 5.80. The fourth-order valence-electron chi connectivity index (χ4n) is 1.69. The number of methoxy groups -OCH3 is 1. The van der Waals surface area contributed by atoms with E-state index >= 15 is 0 Å². The number of nitrogens with one attached hydrogen (secondary N) is 2. The molecule has 19 heavy (non-hydrogen) atoms. The van der Waals surface area contributed by atoms with E-state index in [9.17, 15) is 4.79 Å². The minimum absolute atomic E-state index is 0.238. The minimum atomic E-state index is -0.337. The zero-order valence-corrected chi connectivity index (χ0v) is 11.0. The minimum Gasteiger partial charge on any atom is -0.496 e. The average molecular weight is 261 g/mol. The molecular formula is C12H15N5O2. The molecule has 0 fully saturated rings. The lowest BCUT2D eigenvalue weighted by Gasteiger charge is -2.13. The highest BCUT2D eigenvalue weighted by atomic mass is 16.5. The summed E-state index contributed by atoms with van der Waals surface area (Å²) < 4.78 is 5.18. The summed E-state index contributed by atoms with van der Waals surface area (Å²) in [5, 5.41) is 16.3. The summed E-state index contributed by atoms with van der Waals surface area (Å²) in [6.07, 6.45) is 0. The second kappa shape index (κ2) is 5.47. The molecule has 7 nitrogen and oxygen atoms in total.